The number of carboxylic acids is 1. The molecule has 0 saturated heterocycles. The Morgan fingerprint density at radius 3 is 2.38 bits per heavy atom. The summed E-state index contributed by atoms with van der Waals surface area (Å²) in [6, 6.07) is 12.0. The summed E-state index contributed by atoms with van der Waals surface area (Å²) < 4.78 is 0. The Hall–Kier alpha value is -2.88. The Bertz CT molecular complexity index is 757. The molecule has 0 atom stereocenters. The normalized spacial score (nSPS) is 13.5. The first kappa shape index (κ1) is 13.1. The third kappa shape index (κ3) is 1.92. The second-order valence-corrected chi connectivity index (χ2v) is 4.94. The number of carboxylic acid groups (broad SMARTS) is 1. The number of nitrogens with zero attached hydrogens (tertiary/aromatic N) is 1. The average molecular weight is 279 g/mol. The van der Waals surface area contributed by atoms with Crippen LogP contribution in [0.2, 0.25) is 0 Å². The molecule has 0 bridgehead atoms. The predicted octanol–water partition coefficient (Wildman–Crippen LogP) is 3.32. The van der Waals surface area contributed by atoms with Gasteiger partial charge in [-0.2, -0.15) is 0 Å². The number of carbonyl (C=O) groups excluding carboxylic acids is 1. The second kappa shape index (κ2) is 4.59. The van der Waals surface area contributed by atoms with Gasteiger partial charge in [0.1, 0.15) is 0 Å². The standard InChI is InChI=1S/C17H13NO3/c1-10-9-12(17(20)21)7-8-15(10)18-11(2)13-5-3-4-6-14(13)16(18)19/h3-9H,2H2,1H3,(H,20,21). The summed E-state index contributed by atoms with van der Waals surface area (Å²) in [5.41, 5.74) is 3.62. The number of benzene rings is 2. The summed E-state index contributed by atoms with van der Waals surface area (Å²) in [4.78, 5) is 25.1. The first-order valence-corrected chi connectivity index (χ1v) is 6.47. The molecule has 1 N–H and O–H groups in total. The van der Waals surface area contributed by atoms with Gasteiger partial charge in [0, 0.05) is 11.1 Å². The predicted molar refractivity (Wildman–Crippen MR) is 80.4 cm³/mol. The van der Waals surface area contributed by atoms with E-state index in [2.05, 4.69) is 6.58 Å². The van der Waals surface area contributed by atoms with Gasteiger partial charge in [-0.15, -0.1) is 0 Å². The molecule has 0 spiro atoms. The number of carbonyl (C=O) groups is 2. The highest BCUT2D eigenvalue weighted by Crippen LogP contribution is 2.37. The highest BCUT2D eigenvalue weighted by molar-refractivity contribution is 6.22. The van der Waals surface area contributed by atoms with Crippen LogP contribution in [-0.4, -0.2) is 17.0 Å². The van der Waals surface area contributed by atoms with Crippen LogP contribution in [0.15, 0.2) is 49.0 Å². The van der Waals surface area contributed by atoms with E-state index in [1.165, 1.54) is 11.0 Å². The number of hydrogen-bond donors (Lipinski definition) is 1. The van der Waals surface area contributed by atoms with Crippen molar-refractivity contribution >= 4 is 23.3 Å². The zero-order valence-corrected chi connectivity index (χ0v) is 11.5. The van der Waals surface area contributed by atoms with E-state index in [1.807, 2.05) is 18.2 Å². The highest BCUT2D eigenvalue weighted by atomic mass is 16.4. The zero-order valence-electron chi connectivity index (χ0n) is 11.5. The van der Waals surface area contributed by atoms with E-state index in [1.54, 1.807) is 25.1 Å². The Morgan fingerprint density at radius 1 is 1.14 bits per heavy atom. The molecular weight excluding hydrogens is 266 g/mol. The lowest BCUT2D eigenvalue weighted by Gasteiger charge is -2.20. The largest absolute Gasteiger partial charge is 0.478 e. The van der Waals surface area contributed by atoms with Gasteiger partial charge in [-0.3, -0.25) is 9.69 Å². The Balaban J connectivity index is 2.09. The van der Waals surface area contributed by atoms with E-state index in [4.69, 9.17) is 5.11 Å². The molecule has 1 amide bonds. The van der Waals surface area contributed by atoms with Gasteiger partial charge < -0.3 is 5.11 Å². The summed E-state index contributed by atoms with van der Waals surface area (Å²) >= 11 is 0. The van der Waals surface area contributed by atoms with Gasteiger partial charge in [-0.1, -0.05) is 24.8 Å². The van der Waals surface area contributed by atoms with E-state index in [-0.39, 0.29) is 11.5 Å². The SMILES string of the molecule is C=C1c2ccccc2C(=O)N1c1ccc(C(=O)O)cc1C. The van der Waals surface area contributed by atoms with Crippen molar-refractivity contribution in [2.24, 2.45) is 0 Å². The Labute approximate surface area is 121 Å². The molecule has 4 heteroatoms. The molecule has 3 rings (SSSR count). The van der Waals surface area contributed by atoms with E-state index >= 15 is 0 Å². The molecule has 0 fully saturated rings. The van der Waals surface area contributed by atoms with Gasteiger partial charge in [-0.05, 0) is 36.8 Å². The van der Waals surface area contributed by atoms with E-state index in [0.29, 0.717) is 16.9 Å². The quantitative estimate of drug-likeness (QED) is 0.917. The molecule has 0 aliphatic carbocycles. The van der Waals surface area contributed by atoms with Gasteiger partial charge >= 0.3 is 5.97 Å². The molecule has 104 valence electrons. The molecule has 1 aliphatic heterocycles. The minimum atomic E-state index is -0.987. The van der Waals surface area contributed by atoms with Crippen LogP contribution in [0.5, 0.6) is 0 Å². The third-order valence-electron chi connectivity index (χ3n) is 3.63. The monoisotopic (exact) mass is 279 g/mol. The molecular formula is C17H13NO3. The molecule has 2 aromatic carbocycles. The summed E-state index contributed by atoms with van der Waals surface area (Å²) in [6.45, 7) is 5.77. The summed E-state index contributed by atoms with van der Waals surface area (Å²) in [5, 5.41) is 9.01. The van der Waals surface area contributed by atoms with E-state index in [9.17, 15) is 9.59 Å². The van der Waals surface area contributed by atoms with Crippen LogP contribution in [0.25, 0.3) is 5.70 Å². The lowest BCUT2D eigenvalue weighted by atomic mass is 10.1. The maximum Gasteiger partial charge on any atom is 0.335 e. The minimum absolute atomic E-state index is 0.137. The number of aromatic carboxylic acids is 1. The van der Waals surface area contributed by atoms with Crippen LogP contribution in [0.1, 0.15) is 31.8 Å². The number of rotatable bonds is 2. The zero-order chi connectivity index (χ0) is 15.1. The molecule has 21 heavy (non-hydrogen) atoms. The summed E-state index contributed by atoms with van der Waals surface area (Å²) in [7, 11) is 0. The maximum absolute atomic E-state index is 12.5. The van der Waals surface area contributed by atoms with Gasteiger partial charge in [0.2, 0.25) is 0 Å². The molecule has 2 aromatic rings. The van der Waals surface area contributed by atoms with Crippen LogP contribution >= 0.6 is 0 Å². The molecule has 1 heterocycles. The molecule has 0 radical (unpaired) electrons. The maximum atomic E-state index is 12.5. The van der Waals surface area contributed by atoms with Gasteiger partial charge in [0.05, 0.1) is 16.9 Å². The first-order chi connectivity index (χ1) is 10.0. The van der Waals surface area contributed by atoms with Crippen molar-refractivity contribution in [1.82, 2.24) is 0 Å². The summed E-state index contributed by atoms with van der Waals surface area (Å²) in [6.07, 6.45) is 0. The van der Waals surface area contributed by atoms with Crippen molar-refractivity contribution in [2.75, 3.05) is 4.90 Å². The number of amides is 1. The molecule has 1 aliphatic rings. The highest BCUT2D eigenvalue weighted by Gasteiger charge is 2.32. The minimum Gasteiger partial charge on any atom is -0.478 e. The van der Waals surface area contributed by atoms with Crippen molar-refractivity contribution in [2.45, 2.75) is 6.92 Å². The number of hydrogen-bond acceptors (Lipinski definition) is 2. The fraction of sp³-hybridized carbons (Fsp3) is 0.0588. The van der Waals surface area contributed by atoms with Crippen molar-refractivity contribution in [3.05, 3.63) is 71.3 Å². The lowest BCUT2D eigenvalue weighted by Crippen LogP contribution is -2.22. The van der Waals surface area contributed by atoms with Crippen molar-refractivity contribution in [3.8, 4) is 0 Å². The van der Waals surface area contributed by atoms with Crippen LogP contribution in [0, 0.1) is 6.92 Å². The molecule has 0 saturated carbocycles. The van der Waals surface area contributed by atoms with Crippen LogP contribution < -0.4 is 4.90 Å². The summed E-state index contributed by atoms with van der Waals surface area (Å²) in [5.74, 6) is -1.12. The topological polar surface area (TPSA) is 57.6 Å². The van der Waals surface area contributed by atoms with Crippen LogP contribution in [0.4, 0.5) is 5.69 Å². The van der Waals surface area contributed by atoms with Crippen LogP contribution in [0.3, 0.4) is 0 Å². The third-order valence-corrected chi connectivity index (χ3v) is 3.63. The van der Waals surface area contributed by atoms with E-state index in [0.717, 1.165) is 11.1 Å². The molecule has 0 aromatic heterocycles. The average Bonchev–Trinajstić information content (AvgIpc) is 2.72. The number of aryl methyl sites for hydroxylation is 1. The second-order valence-electron chi connectivity index (χ2n) is 4.94. The first-order valence-electron chi connectivity index (χ1n) is 6.47. The Kier molecular flexibility index (Phi) is 2.87. The van der Waals surface area contributed by atoms with Gasteiger partial charge in [-0.25, -0.2) is 4.79 Å². The Morgan fingerprint density at radius 2 is 1.81 bits per heavy atom. The van der Waals surface area contributed by atoms with Crippen molar-refractivity contribution in [1.29, 1.82) is 0 Å². The van der Waals surface area contributed by atoms with E-state index < -0.39 is 5.97 Å². The van der Waals surface area contributed by atoms with Crippen molar-refractivity contribution in [3.63, 3.8) is 0 Å². The molecule has 4 nitrogen and oxygen atoms in total. The lowest BCUT2D eigenvalue weighted by molar-refractivity contribution is 0.0696. The fourth-order valence-electron chi connectivity index (χ4n) is 2.58. The molecule has 0 unspecified atom stereocenters. The van der Waals surface area contributed by atoms with Gasteiger partial charge in [0.25, 0.3) is 5.91 Å². The fourth-order valence-corrected chi connectivity index (χ4v) is 2.58. The van der Waals surface area contributed by atoms with Crippen molar-refractivity contribution < 1.29 is 14.7 Å². The van der Waals surface area contributed by atoms with Crippen LogP contribution in [-0.2, 0) is 0 Å². The number of anilines is 1. The van der Waals surface area contributed by atoms with Gasteiger partial charge in [0.15, 0.2) is 0 Å². The number of fused-ring (bicyclic) bond motifs is 1. The smallest absolute Gasteiger partial charge is 0.335 e.